The number of amides is 3. The molecule has 33 atom stereocenters. The molecular weight excluding hydrogens is 1130 g/mol. The normalized spacial score (nSPS) is 48.9. The van der Waals surface area contributed by atoms with Gasteiger partial charge in [-0.1, -0.05) is 0 Å². The van der Waals surface area contributed by atoms with Crippen molar-refractivity contribution in [3.63, 3.8) is 0 Å². The lowest BCUT2D eigenvalue weighted by atomic mass is 9.94. The fourth-order valence-corrected chi connectivity index (χ4v) is 10.7. The van der Waals surface area contributed by atoms with Crippen LogP contribution in [0.5, 0.6) is 0 Å². The van der Waals surface area contributed by atoms with Crippen molar-refractivity contribution in [2.45, 2.75) is 230 Å². The quantitative estimate of drug-likeness (QED) is 0.0538. The third-order valence-corrected chi connectivity index (χ3v) is 15.2. The van der Waals surface area contributed by atoms with Gasteiger partial charge in [-0.15, -0.1) is 0 Å². The van der Waals surface area contributed by atoms with E-state index < -0.39 is 260 Å². The lowest BCUT2D eigenvalue weighted by Crippen LogP contribution is -2.70. The van der Waals surface area contributed by atoms with Crippen molar-refractivity contribution < 1.29 is 163 Å². The van der Waals surface area contributed by atoms with Crippen LogP contribution < -0.4 is 16.0 Å². The Hall–Kier alpha value is -2.79. The molecule has 0 spiro atoms. The highest BCUT2D eigenvalue weighted by Gasteiger charge is 2.58. The van der Waals surface area contributed by atoms with Crippen molar-refractivity contribution in [2.75, 3.05) is 46.2 Å². The van der Waals surface area contributed by atoms with Crippen LogP contribution in [0.1, 0.15) is 27.7 Å². The largest absolute Gasteiger partial charge is 0.394 e. The van der Waals surface area contributed by atoms with Gasteiger partial charge in [-0.2, -0.15) is 0 Å². The van der Waals surface area contributed by atoms with Crippen molar-refractivity contribution in [1.82, 2.24) is 16.0 Å². The van der Waals surface area contributed by atoms with Gasteiger partial charge in [0.1, 0.15) is 152 Å². The Morgan fingerprint density at radius 1 is 0.386 bits per heavy atom. The Labute approximate surface area is 472 Å². The fourth-order valence-electron chi connectivity index (χ4n) is 10.7. The maximum absolute atomic E-state index is 12.9. The van der Waals surface area contributed by atoms with Gasteiger partial charge in [-0.3, -0.25) is 14.4 Å². The van der Waals surface area contributed by atoms with E-state index in [-0.39, 0.29) is 6.61 Å². The summed E-state index contributed by atoms with van der Waals surface area (Å²) < 4.78 is 76.9. The molecule has 0 bridgehead atoms. The van der Waals surface area contributed by atoms with Crippen LogP contribution in [0.15, 0.2) is 0 Å². The Bertz CT molecular complexity index is 2080. The number of hydrogen-bond acceptors (Lipinski definition) is 33. The topological polar surface area (TPSA) is 551 Å². The van der Waals surface area contributed by atoms with Gasteiger partial charge in [0.2, 0.25) is 17.7 Å². The number of ether oxygens (including phenoxy) is 13. The van der Waals surface area contributed by atoms with Gasteiger partial charge in [-0.05, 0) is 6.92 Å². The smallest absolute Gasteiger partial charge is 0.217 e. The third-order valence-electron chi connectivity index (χ3n) is 15.2. The van der Waals surface area contributed by atoms with E-state index in [2.05, 4.69) is 16.0 Å². The highest BCUT2D eigenvalue weighted by molar-refractivity contribution is 5.74. The molecule has 0 unspecified atom stereocenters. The second-order valence-corrected chi connectivity index (χ2v) is 21.2. The molecule has 0 aromatic carbocycles. The molecule has 7 aliphatic rings. The van der Waals surface area contributed by atoms with E-state index in [9.17, 15) is 101 Å². The number of aliphatic hydroxyl groups is 17. The molecule has 7 fully saturated rings. The van der Waals surface area contributed by atoms with Crippen LogP contribution >= 0.6 is 0 Å². The van der Waals surface area contributed by atoms with E-state index in [4.69, 9.17) is 61.6 Å². The van der Waals surface area contributed by atoms with E-state index in [1.54, 1.807) is 0 Å². The highest BCUT2D eigenvalue weighted by atomic mass is 16.8. The van der Waals surface area contributed by atoms with E-state index >= 15 is 0 Å². The average Bonchev–Trinajstić information content (AvgIpc) is 3.02. The molecule has 480 valence electrons. The number of carbonyl (C=O) groups is 3. The number of aliphatic hydroxyl groups excluding tert-OH is 17. The van der Waals surface area contributed by atoms with Crippen molar-refractivity contribution in [3.05, 3.63) is 0 Å². The lowest BCUT2D eigenvalue weighted by Gasteiger charge is -2.51. The van der Waals surface area contributed by atoms with Gasteiger partial charge in [-0.25, -0.2) is 0 Å². The summed E-state index contributed by atoms with van der Waals surface area (Å²) in [5.41, 5.74) is 0. The lowest BCUT2D eigenvalue weighted by molar-refractivity contribution is -0.389. The molecule has 3 amide bonds. The van der Waals surface area contributed by atoms with Crippen molar-refractivity contribution >= 4 is 17.7 Å². The molecule has 7 saturated heterocycles. The van der Waals surface area contributed by atoms with Crippen LogP contribution in [0.2, 0.25) is 0 Å². The van der Waals surface area contributed by atoms with Crippen LogP contribution in [0.25, 0.3) is 0 Å². The molecular formula is C47H79N3O33. The minimum atomic E-state index is -2.23. The molecule has 0 saturated carbocycles. The zero-order valence-electron chi connectivity index (χ0n) is 45.1. The summed E-state index contributed by atoms with van der Waals surface area (Å²) >= 11 is 0. The van der Waals surface area contributed by atoms with Gasteiger partial charge in [0.05, 0.1) is 58.4 Å². The van der Waals surface area contributed by atoms with Crippen LogP contribution in [0, 0.1) is 0 Å². The Balaban J connectivity index is 1.17. The van der Waals surface area contributed by atoms with Crippen molar-refractivity contribution in [3.8, 4) is 0 Å². The molecule has 36 nitrogen and oxygen atoms in total. The number of nitrogens with one attached hydrogen (secondary N) is 3. The highest BCUT2D eigenvalue weighted by Crippen LogP contribution is 2.37. The zero-order valence-corrected chi connectivity index (χ0v) is 45.1. The van der Waals surface area contributed by atoms with E-state index in [1.807, 2.05) is 0 Å². The minimum Gasteiger partial charge on any atom is -0.394 e. The number of hydrogen-bond donors (Lipinski definition) is 20. The van der Waals surface area contributed by atoms with Crippen molar-refractivity contribution in [2.24, 2.45) is 0 Å². The summed E-state index contributed by atoms with van der Waals surface area (Å²) in [7, 11) is 0. The van der Waals surface area contributed by atoms with Crippen LogP contribution in [-0.2, 0) is 76.0 Å². The molecule has 0 aliphatic carbocycles. The van der Waals surface area contributed by atoms with Crippen molar-refractivity contribution in [1.29, 1.82) is 0 Å². The molecule has 0 radical (unpaired) electrons. The van der Waals surface area contributed by atoms with Gasteiger partial charge in [0.25, 0.3) is 0 Å². The van der Waals surface area contributed by atoms with E-state index in [1.165, 1.54) is 6.92 Å². The predicted octanol–water partition coefficient (Wildman–Crippen LogP) is -13.5. The second kappa shape index (κ2) is 29.5. The first-order chi connectivity index (χ1) is 39.2. The number of rotatable bonds is 20. The first-order valence-corrected chi connectivity index (χ1v) is 26.7. The molecule has 7 heterocycles. The summed E-state index contributed by atoms with van der Waals surface area (Å²) in [5.74, 6) is -2.23. The zero-order chi connectivity index (χ0) is 61.0. The standard InChI is InChI=1S/C47H79N3O33/c1-12-25(59)32(66)36(70)45(74-12)79-37-16(48-13(2)55)9-71-20(7-53)39(37)81-43-24(50-15(4)57)31(65)38(21(8-54)77-43)80-47-41(83-44-35(69)26(60)17(58)10-72-44)34(68)29(63)22(78-47)11-73-46-40(33(67)28(62)19(6-52)76-46)82-42-23(49-14(3)56)30(64)27(61)18(5-51)75-42/h12,16-47,51-54,58-70H,5-11H2,1-4H3,(H,48,55)(H,49,56)(H,50,57)/t12-,16-,17+,18+,19+,20+,21+,22+,23+,24+,25+,26-,27+,28+,29+,30+,31+,32+,33-,34-,35+,36-,37+,38+,39+,40-,41-,42-,43-,44-,45-,46-,47-/m0/s1. The maximum Gasteiger partial charge on any atom is 0.217 e. The monoisotopic (exact) mass is 1210 g/mol. The summed E-state index contributed by atoms with van der Waals surface area (Å²) in [6.45, 7) is -1.12. The van der Waals surface area contributed by atoms with Gasteiger partial charge in [0.15, 0.2) is 37.7 Å². The molecule has 0 aromatic heterocycles. The fraction of sp³-hybridized carbons (Fsp3) is 0.936. The maximum atomic E-state index is 12.9. The molecule has 7 rings (SSSR count). The molecule has 83 heavy (non-hydrogen) atoms. The first-order valence-electron chi connectivity index (χ1n) is 26.7. The minimum absolute atomic E-state index is 0.355. The predicted molar refractivity (Wildman–Crippen MR) is 258 cm³/mol. The Morgan fingerprint density at radius 3 is 1.42 bits per heavy atom. The van der Waals surface area contributed by atoms with Crippen LogP contribution in [0.3, 0.4) is 0 Å². The molecule has 36 heteroatoms. The van der Waals surface area contributed by atoms with Crippen LogP contribution in [0.4, 0.5) is 0 Å². The van der Waals surface area contributed by atoms with Crippen LogP contribution in [-0.4, -0.2) is 353 Å². The Morgan fingerprint density at radius 2 is 0.843 bits per heavy atom. The van der Waals surface area contributed by atoms with E-state index in [0.29, 0.717) is 0 Å². The van der Waals surface area contributed by atoms with Gasteiger partial charge >= 0.3 is 0 Å². The Kier molecular flexibility index (Phi) is 24.0. The SMILES string of the molecule is CC(=O)N[C@H]1[C@H](O[C@H]2[C@H](O[C@@H]3O[C@@H](C)[C@@H](O)[C@@H](O)[C@@H]3O)[C@@H](NC(C)=O)CO[C@@H]2CO)O[C@H](CO)[C@@H](O[C@@H]2O[C@H](CO[C@H]3O[C@H](CO)[C@@H](O)[C@H](O)[C@@H]3O[C@@H]3O[C@H](CO)[C@@H](O)[C@H](O)[C@H]3NC(C)=O)[C@@H](O)[C@H](O)[C@@H]2O[C@@H]2OC[C@@H](O)[C@H](O)[C@H]2O)[C@@H]1O. The summed E-state index contributed by atoms with van der Waals surface area (Å²) in [5, 5.41) is 192. The first kappa shape index (κ1) is 67.7. The number of carbonyl (C=O) groups excluding carboxylic acids is 3. The second-order valence-electron chi connectivity index (χ2n) is 21.2. The molecule has 0 aromatic rings. The molecule has 20 N–H and O–H groups in total. The summed E-state index contributed by atoms with van der Waals surface area (Å²) in [6, 6.07) is -4.58. The van der Waals surface area contributed by atoms with E-state index in [0.717, 1.165) is 20.8 Å². The average molecular weight is 1210 g/mol. The summed E-state index contributed by atoms with van der Waals surface area (Å²) in [6.07, 6.45) is -54.9. The third kappa shape index (κ3) is 15.2. The van der Waals surface area contributed by atoms with Gasteiger partial charge < -0.3 is 164 Å². The molecule has 7 aliphatic heterocycles. The van der Waals surface area contributed by atoms with Gasteiger partial charge in [0, 0.05) is 20.8 Å². The summed E-state index contributed by atoms with van der Waals surface area (Å²) in [4.78, 5) is 37.6.